The Bertz CT molecular complexity index is 421. The third kappa shape index (κ3) is 2.20. The maximum atomic E-state index is 11.4. The fourth-order valence-electron chi connectivity index (χ4n) is 1.82. The van der Waals surface area contributed by atoms with Crippen LogP contribution in [0.1, 0.15) is 24.3 Å². The van der Waals surface area contributed by atoms with Crippen molar-refractivity contribution < 1.29 is 12.8 Å². The minimum absolute atomic E-state index is 0.115. The molecule has 0 N–H and O–H groups in total. The zero-order valence-electron chi connectivity index (χ0n) is 7.57. The highest BCUT2D eigenvalue weighted by molar-refractivity contribution is 9.10. The van der Waals surface area contributed by atoms with Gasteiger partial charge in [0.05, 0.1) is 17.8 Å². The van der Waals surface area contributed by atoms with Gasteiger partial charge in [0.1, 0.15) is 0 Å². The lowest BCUT2D eigenvalue weighted by molar-refractivity contribution is 0.527. The van der Waals surface area contributed by atoms with Crippen molar-refractivity contribution in [2.45, 2.75) is 18.8 Å². The molecule has 1 aliphatic rings. The summed E-state index contributed by atoms with van der Waals surface area (Å²) in [6.07, 6.45) is 3.33. The standard InChI is InChI=1S/C9H11BrO3S/c10-9-4-8(5-13-9)7-2-1-3-14(11,12)6-7/h4-5,7H,1-3,6H2. The Morgan fingerprint density at radius 3 is 2.86 bits per heavy atom. The van der Waals surface area contributed by atoms with E-state index in [1.807, 2.05) is 6.07 Å². The lowest BCUT2D eigenvalue weighted by Crippen LogP contribution is -2.23. The van der Waals surface area contributed by atoms with Crippen LogP contribution in [0, 0.1) is 0 Å². The van der Waals surface area contributed by atoms with Gasteiger partial charge in [0.2, 0.25) is 0 Å². The second-order valence-corrected chi connectivity index (χ2v) is 6.65. The number of halogens is 1. The van der Waals surface area contributed by atoms with E-state index in [-0.39, 0.29) is 11.7 Å². The van der Waals surface area contributed by atoms with E-state index in [1.165, 1.54) is 0 Å². The van der Waals surface area contributed by atoms with E-state index < -0.39 is 9.84 Å². The first-order valence-electron chi connectivity index (χ1n) is 4.51. The maximum Gasteiger partial charge on any atom is 0.169 e. The zero-order valence-corrected chi connectivity index (χ0v) is 9.97. The molecule has 2 heterocycles. The van der Waals surface area contributed by atoms with Gasteiger partial charge in [-0.3, -0.25) is 0 Å². The molecular weight excluding hydrogens is 268 g/mol. The molecule has 14 heavy (non-hydrogen) atoms. The summed E-state index contributed by atoms with van der Waals surface area (Å²) >= 11 is 3.21. The summed E-state index contributed by atoms with van der Waals surface area (Å²) in [7, 11) is -2.83. The molecule has 2 rings (SSSR count). The van der Waals surface area contributed by atoms with E-state index in [9.17, 15) is 8.42 Å². The molecule has 5 heteroatoms. The van der Waals surface area contributed by atoms with Crippen LogP contribution >= 0.6 is 15.9 Å². The van der Waals surface area contributed by atoms with Crippen LogP contribution in [0.5, 0.6) is 0 Å². The molecule has 0 bridgehead atoms. The third-order valence-corrected chi connectivity index (χ3v) is 4.76. The summed E-state index contributed by atoms with van der Waals surface area (Å²) in [6.45, 7) is 0. The zero-order chi connectivity index (χ0) is 10.2. The average Bonchev–Trinajstić information content (AvgIpc) is 2.50. The Kier molecular flexibility index (Phi) is 2.70. The largest absolute Gasteiger partial charge is 0.457 e. The Balaban J connectivity index is 2.20. The second-order valence-electron chi connectivity index (χ2n) is 3.64. The highest BCUT2D eigenvalue weighted by Crippen LogP contribution is 2.30. The van der Waals surface area contributed by atoms with Gasteiger partial charge in [0.25, 0.3) is 0 Å². The van der Waals surface area contributed by atoms with Crippen molar-refractivity contribution >= 4 is 25.8 Å². The molecule has 0 aliphatic carbocycles. The molecule has 0 saturated carbocycles. The highest BCUT2D eigenvalue weighted by Gasteiger charge is 2.26. The molecule has 1 aromatic rings. The number of hydrogen-bond acceptors (Lipinski definition) is 3. The molecule has 0 aromatic carbocycles. The van der Waals surface area contributed by atoms with Crippen molar-refractivity contribution in [2.75, 3.05) is 11.5 Å². The van der Waals surface area contributed by atoms with Crippen LogP contribution < -0.4 is 0 Å². The first-order chi connectivity index (χ1) is 6.57. The molecule has 1 atom stereocenters. The van der Waals surface area contributed by atoms with Gasteiger partial charge in [-0.05, 0) is 40.4 Å². The van der Waals surface area contributed by atoms with Gasteiger partial charge in [0.15, 0.2) is 14.5 Å². The van der Waals surface area contributed by atoms with Gasteiger partial charge in [-0.25, -0.2) is 8.42 Å². The number of hydrogen-bond donors (Lipinski definition) is 0. The van der Waals surface area contributed by atoms with E-state index in [1.54, 1.807) is 6.26 Å². The quantitative estimate of drug-likeness (QED) is 0.792. The third-order valence-electron chi connectivity index (χ3n) is 2.52. The summed E-state index contributed by atoms with van der Waals surface area (Å²) in [4.78, 5) is 0. The minimum atomic E-state index is -2.83. The van der Waals surface area contributed by atoms with Crippen LogP contribution in [0.25, 0.3) is 0 Å². The lowest BCUT2D eigenvalue weighted by Gasteiger charge is -2.20. The molecular formula is C9H11BrO3S. The normalized spacial score (nSPS) is 26.2. The van der Waals surface area contributed by atoms with Crippen LogP contribution in [0.3, 0.4) is 0 Å². The molecule has 78 valence electrons. The van der Waals surface area contributed by atoms with Crippen molar-refractivity contribution in [2.24, 2.45) is 0 Å². The molecule has 1 aromatic heterocycles. The van der Waals surface area contributed by atoms with Crippen LogP contribution in [0.4, 0.5) is 0 Å². The van der Waals surface area contributed by atoms with Crippen molar-refractivity contribution in [1.82, 2.24) is 0 Å². The number of rotatable bonds is 1. The molecule has 0 amide bonds. The second kappa shape index (κ2) is 3.70. The number of furan rings is 1. The smallest absolute Gasteiger partial charge is 0.169 e. The van der Waals surface area contributed by atoms with Crippen molar-refractivity contribution in [3.8, 4) is 0 Å². The molecule has 0 radical (unpaired) electrons. The Hall–Kier alpha value is -0.290. The van der Waals surface area contributed by atoms with Gasteiger partial charge in [-0.1, -0.05) is 0 Å². The van der Waals surface area contributed by atoms with Gasteiger partial charge in [-0.2, -0.15) is 0 Å². The molecule has 3 nitrogen and oxygen atoms in total. The Morgan fingerprint density at radius 2 is 2.29 bits per heavy atom. The van der Waals surface area contributed by atoms with Crippen LogP contribution in [0.15, 0.2) is 21.4 Å². The maximum absolute atomic E-state index is 11.4. The van der Waals surface area contributed by atoms with Crippen LogP contribution in [-0.4, -0.2) is 19.9 Å². The summed E-state index contributed by atoms with van der Waals surface area (Å²) in [5.74, 6) is 0.713. The lowest BCUT2D eigenvalue weighted by atomic mass is 9.99. The summed E-state index contributed by atoms with van der Waals surface area (Å²) in [5, 5.41) is 0. The topological polar surface area (TPSA) is 47.3 Å². The summed E-state index contributed by atoms with van der Waals surface area (Å²) in [6, 6.07) is 1.85. The fourth-order valence-corrected chi connectivity index (χ4v) is 3.93. The highest BCUT2D eigenvalue weighted by atomic mass is 79.9. The van der Waals surface area contributed by atoms with E-state index in [0.29, 0.717) is 10.4 Å². The van der Waals surface area contributed by atoms with E-state index in [0.717, 1.165) is 18.4 Å². The Morgan fingerprint density at radius 1 is 1.50 bits per heavy atom. The molecule has 1 unspecified atom stereocenters. The predicted octanol–water partition coefficient (Wildman–Crippen LogP) is 2.33. The fraction of sp³-hybridized carbons (Fsp3) is 0.556. The van der Waals surface area contributed by atoms with Crippen LogP contribution in [-0.2, 0) is 9.84 Å². The first kappa shape index (κ1) is 10.2. The minimum Gasteiger partial charge on any atom is -0.457 e. The van der Waals surface area contributed by atoms with Crippen molar-refractivity contribution in [3.05, 3.63) is 22.6 Å². The van der Waals surface area contributed by atoms with Crippen LogP contribution in [0.2, 0.25) is 0 Å². The SMILES string of the molecule is O=S1(=O)CCCC(c2coc(Br)c2)C1. The molecule has 1 aliphatic heterocycles. The van der Waals surface area contributed by atoms with Gasteiger partial charge < -0.3 is 4.42 Å². The average molecular weight is 279 g/mol. The predicted molar refractivity (Wildman–Crippen MR) is 57.0 cm³/mol. The first-order valence-corrected chi connectivity index (χ1v) is 7.13. The Labute approximate surface area is 91.5 Å². The van der Waals surface area contributed by atoms with E-state index in [4.69, 9.17) is 4.42 Å². The monoisotopic (exact) mass is 278 g/mol. The molecule has 0 spiro atoms. The summed E-state index contributed by atoms with van der Waals surface area (Å²) < 4.78 is 28.6. The van der Waals surface area contributed by atoms with Gasteiger partial charge in [-0.15, -0.1) is 0 Å². The molecule has 1 fully saturated rings. The summed E-state index contributed by atoms with van der Waals surface area (Å²) in [5.41, 5.74) is 0.986. The van der Waals surface area contributed by atoms with E-state index >= 15 is 0 Å². The van der Waals surface area contributed by atoms with Crippen molar-refractivity contribution in [3.63, 3.8) is 0 Å². The molecule has 1 saturated heterocycles. The van der Waals surface area contributed by atoms with Gasteiger partial charge in [0, 0.05) is 5.92 Å². The van der Waals surface area contributed by atoms with Gasteiger partial charge >= 0.3 is 0 Å². The number of sulfone groups is 1. The van der Waals surface area contributed by atoms with E-state index in [2.05, 4.69) is 15.9 Å². The van der Waals surface area contributed by atoms with Crippen molar-refractivity contribution in [1.29, 1.82) is 0 Å².